The molecule has 1 aliphatic heterocycles. The molecule has 0 aromatic heterocycles. The first-order chi connectivity index (χ1) is 15.1. The van der Waals surface area contributed by atoms with Gasteiger partial charge in [0.05, 0.1) is 27.2 Å². The first kappa shape index (κ1) is 25.6. The van der Waals surface area contributed by atoms with E-state index in [0.29, 0.717) is 43.5 Å². The minimum atomic E-state index is -0.411. The van der Waals surface area contributed by atoms with E-state index in [2.05, 4.69) is 10.6 Å². The molecule has 1 saturated heterocycles. The predicted molar refractivity (Wildman–Crippen MR) is 122 cm³/mol. The lowest BCUT2D eigenvalue weighted by Gasteiger charge is -2.25. The van der Waals surface area contributed by atoms with Crippen LogP contribution >= 0.6 is 0 Å². The standard InChI is InChI=1S/C23H37N3O6/c1-23(2,3)25-22(28)26-13-16(17(14-26)21(27)24-9-8-10-29-4)15-11-18(30-5)20(32-7)19(12-15)31-6/h11-12,16-17H,8-10,13-14H2,1-7H3,(H,24,27)(H,25,28)/t16-,17-/m1/s1. The van der Waals surface area contributed by atoms with Gasteiger partial charge in [-0.05, 0) is 44.9 Å². The Hall–Kier alpha value is -2.68. The molecule has 1 aromatic carbocycles. The number of urea groups is 1. The van der Waals surface area contributed by atoms with Crippen LogP contribution < -0.4 is 24.8 Å². The second-order valence-electron chi connectivity index (χ2n) is 8.89. The van der Waals surface area contributed by atoms with Gasteiger partial charge >= 0.3 is 6.03 Å². The number of hydrogen-bond donors (Lipinski definition) is 2. The fourth-order valence-electron chi connectivity index (χ4n) is 3.85. The number of methoxy groups -OCH3 is 4. The lowest BCUT2D eigenvalue weighted by atomic mass is 9.88. The minimum Gasteiger partial charge on any atom is -0.493 e. The van der Waals surface area contributed by atoms with Gasteiger partial charge in [0.2, 0.25) is 11.7 Å². The Kier molecular flexibility index (Phi) is 9.00. The SMILES string of the molecule is COCCCNC(=O)[C@@H]1CN(C(=O)NC(C)(C)C)C[C@@H]1c1cc(OC)c(OC)c(OC)c1. The lowest BCUT2D eigenvalue weighted by Crippen LogP contribution is -2.48. The van der Waals surface area contributed by atoms with Gasteiger partial charge in [0.15, 0.2) is 11.5 Å². The molecule has 0 radical (unpaired) electrons. The number of nitrogens with one attached hydrogen (secondary N) is 2. The maximum Gasteiger partial charge on any atom is 0.317 e. The number of carbonyl (C=O) groups excluding carboxylic acids is 2. The second-order valence-corrected chi connectivity index (χ2v) is 8.89. The largest absolute Gasteiger partial charge is 0.493 e. The van der Waals surface area contributed by atoms with Crippen molar-refractivity contribution >= 4 is 11.9 Å². The molecule has 32 heavy (non-hydrogen) atoms. The van der Waals surface area contributed by atoms with Crippen LogP contribution in [0.1, 0.15) is 38.7 Å². The normalized spacial score (nSPS) is 18.3. The van der Waals surface area contributed by atoms with E-state index < -0.39 is 5.92 Å². The quantitative estimate of drug-likeness (QED) is 0.560. The highest BCUT2D eigenvalue weighted by Crippen LogP contribution is 2.43. The van der Waals surface area contributed by atoms with Crippen LogP contribution in [0.15, 0.2) is 12.1 Å². The van der Waals surface area contributed by atoms with Crippen LogP contribution in [0, 0.1) is 5.92 Å². The summed E-state index contributed by atoms with van der Waals surface area (Å²) >= 11 is 0. The highest BCUT2D eigenvalue weighted by molar-refractivity contribution is 5.83. The number of hydrogen-bond acceptors (Lipinski definition) is 6. The third-order valence-electron chi connectivity index (χ3n) is 5.37. The van der Waals surface area contributed by atoms with E-state index in [0.717, 1.165) is 12.0 Å². The van der Waals surface area contributed by atoms with Crippen LogP contribution in [0.2, 0.25) is 0 Å². The Morgan fingerprint density at radius 3 is 2.16 bits per heavy atom. The van der Waals surface area contributed by atoms with Crippen molar-refractivity contribution in [2.45, 2.75) is 38.6 Å². The maximum absolute atomic E-state index is 13.1. The van der Waals surface area contributed by atoms with Crippen molar-refractivity contribution in [1.29, 1.82) is 0 Å². The smallest absolute Gasteiger partial charge is 0.317 e. The zero-order chi connectivity index (χ0) is 23.9. The van der Waals surface area contributed by atoms with Gasteiger partial charge in [-0.1, -0.05) is 0 Å². The third kappa shape index (κ3) is 6.41. The monoisotopic (exact) mass is 451 g/mol. The van der Waals surface area contributed by atoms with Crippen LogP contribution in [0.3, 0.4) is 0 Å². The number of ether oxygens (including phenoxy) is 4. The molecule has 180 valence electrons. The van der Waals surface area contributed by atoms with E-state index in [1.54, 1.807) is 33.3 Å². The molecule has 0 aliphatic carbocycles. The Morgan fingerprint density at radius 1 is 1.03 bits per heavy atom. The molecule has 0 bridgehead atoms. The second kappa shape index (κ2) is 11.3. The molecule has 0 saturated carbocycles. The first-order valence-corrected chi connectivity index (χ1v) is 10.8. The fourth-order valence-corrected chi connectivity index (χ4v) is 3.85. The molecule has 1 aromatic rings. The Labute approximate surface area is 190 Å². The Morgan fingerprint density at radius 2 is 1.66 bits per heavy atom. The number of nitrogens with zero attached hydrogens (tertiary/aromatic N) is 1. The summed E-state index contributed by atoms with van der Waals surface area (Å²) < 4.78 is 21.5. The van der Waals surface area contributed by atoms with Crippen LogP contribution in [0.5, 0.6) is 17.2 Å². The molecular weight excluding hydrogens is 414 g/mol. The van der Waals surface area contributed by atoms with Gasteiger partial charge in [-0.3, -0.25) is 4.79 Å². The van der Waals surface area contributed by atoms with Crippen molar-refractivity contribution in [2.24, 2.45) is 5.92 Å². The number of carbonyl (C=O) groups is 2. The summed E-state index contributed by atoms with van der Waals surface area (Å²) in [6, 6.07) is 3.51. The molecule has 0 spiro atoms. The molecule has 2 rings (SSSR count). The van der Waals surface area contributed by atoms with Crippen LogP contribution in [0.25, 0.3) is 0 Å². The summed E-state index contributed by atoms with van der Waals surface area (Å²) in [5.41, 5.74) is 0.474. The van der Waals surface area contributed by atoms with Crippen molar-refractivity contribution in [1.82, 2.24) is 15.5 Å². The third-order valence-corrected chi connectivity index (χ3v) is 5.37. The van der Waals surface area contributed by atoms with Gasteiger partial charge in [-0.15, -0.1) is 0 Å². The maximum atomic E-state index is 13.1. The summed E-state index contributed by atoms with van der Waals surface area (Å²) in [5, 5.41) is 5.97. The van der Waals surface area contributed by atoms with Crippen molar-refractivity contribution in [3.8, 4) is 17.2 Å². The fraction of sp³-hybridized carbons (Fsp3) is 0.652. The zero-order valence-corrected chi connectivity index (χ0v) is 20.2. The summed E-state index contributed by atoms with van der Waals surface area (Å²) in [6.45, 7) is 7.59. The van der Waals surface area contributed by atoms with Gasteiger partial charge in [0.1, 0.15) is 0 Å². The van der Waals surface area contributed by atoms with E-state index in [1.165, 1.54) is 0 Å². The van der Waals surface area contributed by atoms with Gasteiger partial charge in [0.25, 0.3) is 0 Å². The molecule has 2 N–H and O–H groups in total. The van der Waals surface area contributed by atoms with Crippen molar-refractivity contribution < 1.29 is 28.5 Å². The van der Waals surface area contributed by atoms with Gasteiger partial charge in [0, 0.05) is 44.8 Å². The van der Waals surface area contributed by atoms with E-state index in [4.69, 9.17) is 18.9 Å². The van der Waals surface area contributed by atoms with Gasteiger partial charge < -0.3 is 34.5 Å². The van der Waals surface area contributed by atoms with Crippen molar-refractivity contribution in [3.63, 3.8) is 0 Å². The molecule has 2 atom stereocenters. The number of amides is 3. The Bertz CT molecular complexity index is 767. The average molecular weight is 452 g/mol. The lowest BCUT2D eigenvalue weighted by molar-refractivity contribution is -0.124. The topological polar surface area (TPSA) is 98.4 Å². The van der Waals surface area contributed by atoms with Crippen LogP contribution in [-0.2, 0) is 9.53 Å². The number of likely N-dealkylation sites (tertiary alicyclic amines) is 1. The molecule has 1 aliphatic rings. The van der Waals surface area contributed by atoms with E-state index >= 15 is 0 Å². The molecule has 9 heteroatoms. The summed E-state index contributed by atoms with van der Waals surface area (Å²) in [4.78, 5) is 27.6. The molecule has 0 unspecified atom stereocenters. The summed E-state index contributed by atoms with van der Waals surface area (Å²) in [6.07, 6.45) is 0.720. The number of rotatable bonds is 9. The zero-order valence-electron chi connectivity index (χ0n) is 20.2. The molecule has 3 amide bonds. The highest BCUT2D eigenvalue weighted by Gasteiger charge is 2.41. The van der Waals surface area contributed by atoms with Crippen molar-refractivity contribution in [3.05, 3.63) is 17.7 Å². The highest BCUT2D eigenvalue weighted by atomic mass is 16.5. The Balaban J connectivity index is 2.34. The summed E-state index contributed by atoms with van der Waals surface area (Å²) in [7, 11) is 6.28. The summed E-state index contributed by atoms with van der Waals surface area (Å²) in [5.74, 6) is 0.783. The molecule has 1 heterocycles. The van der Waals surface area contributed by atoms with Crippen LogP contribution in [-0.4, -0.2) is 77.1 Å². The first-order valence-electron chi connectivity index (χ1n) is 10.8. The van der Waals surface area contributed by atoms with Crippen LogP contribution in [0.4, 0.5) is 4.79 Å². The molecular formula is C23H37N3O6. The molecule has 1 fully saturated rings. The molecule has 9 nitrogen and oxygen atoms in total. The minimum absolute atomic E-state index is 0.0917. The number of benzene rings is 1. The van der Waals surface area contributed by atoms with Gasteiger partial charge in [-0.25, -0.2) is 4.79 Å². The predicted octanol–water partition coefficient (Wildman–Crippen LogP) is 2.39. The van der Waals surface area contributed by atoms with Gasteiger partial charge in [-0.2, -0.15) is 0 Å². The van der Waals surface area contributed by atoms with E-state index in [1.807, 2.05) is 32.9 Å². The van der Waals surface area contributed by atoms with E-state index in [-0.39, 0.29) is 23.4 Å². The van der Waals surface area contributed by atoms with E-state index in [9.17, 15) is 9.59 Å². The van der Waals surface area contributed by atoms with Crippen molar-refractivity contribution in [2.75, 3.05) is 54.7 Å². The average Bonchev–Trinajstić information content (AvgIpc) is 3.20.